The molecule has 1 aromatic rings. The third-order valence-corrected chi connectivity index (χ3v) is 5.55. The predicted octanol–water partition coefficient (Wildman–Crippen LogP) is 3.39. The van der Waals surface area contributed by atoms with Crippen LogP contribution in [0.25, 0.3) is 0 Å². The fraction of sp³-hybridized carbons (Fsp3) is 0.722. The Labute approximate surface area is 129 Å². The molecule has 116 valence electrons. The summed E-state index contributed by atoms with van der Waals surface area (Å²) in [4.78, 5) is 6.84. The topological polar surface area (TPSA) is 28.2 Å². The molecule has 2 heterocycles. The predicted molar refractivity (Wildman–Crippen MR) is 87.2 cm³/mol. The van der Waals surface area contributed by atoms with Crippen molar-refractivity contribution in [3.05, 3.63) is 30.1 Å². The molecule has 1 saturated carbocycles. The van der Waals surface area contributed by atoms with E-state index in [0.717, 1.165) is 12.5 Å². The number of aromatic nitrogens is 1. The molecule has 1 aliphatic heterocycles. The van der Waals surface area contributed by atoms with Crippen LogP contribution in [0.1, 0.15) is 57.6 Å². The zero-order chi connectivity index (χ0) is 14.7. The lowest BCUT2D eigenvalue weighted by atomic mass is 9.82. The van der Waals surface area contributed by atoms with Gasteiger partial charge in [0.15, 0.2) is 0 Å². The van der Waals surface area contributed by atoms with Gasteiger partial charge in [0.1, 0.15) is 0 Å². The second-order valence-corrected chi connectivity index (χ2v) is 6.92. The summed E-state index contributed by atoms with van der Waals surface area (Å²) >= 11 is 0. The van der Waals surface area contributed by atoms with Crippen molar-refractivity contribution in [1.29, 1.82) is 0 Å². The molecule has 3 heteroatoms. The van der Waals surface area contributed by atoms with E-state index in [-0.39, 0.29) is 0 Å². The average Bonchev–Trinajstić information content (AvgIpc) is 2.56. The third kappa shape index (κ3) is 3.46. The molecule has 3 nitrogen and oxygen atoms in total. The first-order valence-electron chi connectivity index (χ1n) is 8.64. The molecule has 2 fully saturated rings. The largest absolute Gasteiger partial charge is 0.311 e. The minimum atomic E-state index is 0.483. The van der Waals surface area contributed by atoms with Crippen LogP contribution < -0.4 is 5.32 Å². The quantitative estimate of drug-likeness (QED) is 0.923. The first kappa shape index (κ1) is 15.0. The minimum absolute atomic E-state index is 0.483. The van der Waals surface area contributed by atoms with Gasteiger partial charge in [0, 0.05) is 43.6 Å². The average molecular weight is 287 g/mol. The maximum atomic E-state index is 4.15. The summed E-state index contributed by atoms with van der Waals surface area (Å²) < 4.78 is 0. The Balaban J connectivity index is 1.68. The Morgan fingerprint density at radius 3 is 2.62 bits per heavy atom. The summed E-state index contributed by atoms with van der Waals surface area (Å²) in [6, 6.07) is 6.10. The molecule has 0 aromatic carbocycles. The van der Waals surface area contributed by atoms with Crippen molar-refractivity contribution in [1.82, 2.24) is 15.2 Å². The van der Waals surface area contributed by atoms with Crippen molar-refractivity contribution in [2.24, 2.45) is 5.92 Å². The van der Waals surface area contributed by atoms with E-state index in [0.29, 0.717) is 18.1 Å². The van der Waals surface area contributed by atoms with Gasteiger partial charge in [0.25, 0.3) is 0 Å². The van der Waals surface area contributed by atoms with Gasteiger partial charge < -0.3 is 5.32 Å². The van der Waals surface area contributed by atoms with Gasteiger partial charge in [0.2, 0.25) is 0 Å². The lowest BCUT2D eigenvalue weighted by Gasteiger charge is -2.45. The van der Waals surface area contributed by atoms with Gasteiger partial charge in [-0.1, -0.05) is 19.3 Å². The smallest absolute Gasteiger partial charge is 0.0325 e. The minimum Gasteiger partial charge on any atom is -0.311 e. The third-order valence-electron chi connectivity index (χ3n) is 5.55. The molecule has 0 radical (unpaired) electrons. The highest BCUT2D eigenvalue weighted by atomic mass is 15.2. The Bertz CT molecular complexity index is 427. The summed E-state index contributed by atoms with van der Waals surface area (Å²) in [6.45, 7) is 7.00. The van der Waals surface area contributed by atoms with Gasteiger partial charge in [-0.3, -0.25) is 9.88 Å². The Hall–Kier alpha value is -0.930. The molecule has 0 amide bonds. The fourth-order valence-electron chi connectivity index (χ4n) is 4.14. The van der Waals surface area contributed by atoms with Gasteiger partial charge in [-0.25, -0.2) is 0 Å². The molecule has 2 aliphatic rings. The Kier molecular flexibility index (Phi) is 4.91. The van der Waals surface area contributed by atoms with Crippen molar-refractivity contribution in [2.45, 2.75) is 64.1 Å². The van der Waals surface area contributed by atoms with Crippen LogP contribution in [0.5, 0.6) is 0 Å². The molecule has 0 bridgehead atoms. The second-order valence-electron chi connectivity index (χ2n) is 6.92. The molecule has 21 heavy (non-hydrogen) atoms. The first-order chi connectivity index (χ1) is 10.3. The SMILES string of the molecule is CC1CNC(C2CCCCC2)CN1C(C)c1ccncc1. The van der Waals surface area contributed by atoms with Crippen LogP contribution in [0, 0.1) is 5.92 Å². The van der Waals surface area contributed by atoms with E-state index in [1.807, 2.05) is 12.4 Å². The van der Waals surface area contributed by atoms with Crippen LogP contribution in [-0.4, -0.2) is 35.1 Å². The molecule has 1 N–H and O–H groups in total. The second kappa shape index (κ2) is 6.89. The highest BCUT2D eigenvalue weighted by Crippen LogP contribution is 2.31. The lowest BCUT2D eigenvalue weighted by Crippen LogP contribution is -2.58. The lowest BCUT2D eigenvalue weighted by molar-refractivity contribution is 0.0718. The summed E-state index contributed by atoms with van der Waals surface area (Å²) in [7, 11) is 0. The molecule has 3 unspecified atom stereocenters. The van der Waals surface area contributed by atoms with E-state index in [1.165, 1.54) is 44.2 Å². The van der Waals surface area contributed by atoms with Crippen LogP contribution >= 0.6 is 0 Å². The van der Waals surface area contributed by atoms with E-state index >= 15 is 0 Å². The molecular weight excluding hydrogens is 258 g/mol. The zero-order valence-corrected chi connectivity index (χ0v) is 13.5. The Morgan fingerprint density at radius 1 is 1.19 bits per heavy atom. The number of pyridine rings is 1. The van der Waals surface area contributed by atoms with Crippen LogP contribution in [-0.2, 0) is 0 Å². The van der Waals surface area contributed by atoms with Crippen LogP contribution in [0.15, 0.2) is 24.5 Å². The van der Waals surface area contributed by atoms with Crippen molar-refractivity contribution in [2.75, 3.05) is 13.1 Å². The number of hydrogen-bond donors (Lipinski definition) is 1. The monoisotopic (exact) mass is 287 g/mol. The number of rotatable bonds is 3. The van der Waals surface area contributed by atoms with Crippen LogP contribution in [0.2, 0.25) is 0 Å². The van der Waals surface area contributed by atoms with Crippen molar-refractivity contribution >= 4 is 0 Å². The number of hydrogen-bond acceptors (Lipinski definition) is 3. The van der Waals surface area contributed by atoms with Gasteiger partial charge in [-0.15, -0.1) is 0 Å². The molecule has 1 aliphatic carbocycles. The van der Waals surface area contributed by atoms with E-state index in [2.05, 4.69) is 41.2 Å². The molecule has 1 saturated heterocycles. The van der Waals surface area contributed by atoms with E-state index in [9.17, 15) is 0 Å². The van der Waals surface area contributed by atoms with Crippen molar-refractivity contribution in [3.8, 4) is 0 Å². The first-order valence-corrected chi connectivity index (χ1v) is 8.64. The number of nitrogens with one attached hydrogen (secondary N) is 1. The molecule has 1 aromatic heterocycles. The van der Waals surface area contributed by atoms with E-state index < -0.39 is 0 Å². The highest BCUT2D eigenvalue weighted by Gasteiger charge is 2.33. The van der Waals surface area contributed by atoms with Crippen LogP contribution in [0.4, 0.5) is 0 Å². The summed E-state index contributed by atoms with van der Waals surface area (Å²) in [5.74, 6) is 0.887. The molecule has 3 atom stereocenters. The number of nitrogens with zero attached hydrogens (tertiary/aromatic N) is 2. The van der Waals surface area contributed by atoms with Gasteiger partial charge >= 0.3 is 0 Å². The standard InChI is InChI=1S/C18H29N3/c1-14-12-20-18(17-6-4-3-5-7-17)13-21(14)15(2)16-8-10-19-11-9-16/h8-11,14-15,17-18,20H,3-7,12-13H2,1-2H3. The van der Waals surface area contributed by atoms with Crippen molar-refractivity contribution in [3.63, 3.8) is 0 Å². The van der Waals surface area contributed by atoms with Gasteiger partial charge in [-0.05, 0) is 50.3 Å². The Morgan fingerprint density at radius 2 is 1.90 bits per heavy atom. The van der Waals surface area contributed by atoms with Crippen molar-refractivity contribution < 1.29 is 0 Å². The molecule has 0 spiro atoms. The summed E-state index contributed by atoms with van der Waals surface area (Å²) in [5, 5.41) is 3.82. The molecular formula is C18H29N3. The van der Waals surface area contributed by atoms with Crippen LogP contribution in [0.3, 0.4) is 0 Å². The number of piperazine rings is 1. The summed E-state index contributed by atoms with van der Waals surface area (Å²) in [6.07, 6.45) is 11.0. The summed E-state index contributed by atoms with van der Waals surface area (Å²) in [5.41, 5.74) is 1.39. The zero-order valence-electron chi connectivity index (χ0n) is 13.5. The van der Waals surface area contributed by atoms with Gasteiger partial charge in [0.05, 0.1) is 0 Å². The highest BCUT2D eigenvalue weighted by molar-refractivity contribution is 5.15. The van der Waals surface area contributed by atoms with E-state index in [1.54, 1.807) is 0 Å². The molecule has 3 rings (SSSR count). The maximum Gasteiger partial charge on any atom is 0.0325 e. The maximum absolute atomic E-state index is 4.15. The normalized spacial score (nSPS) is 30.2. The van der Waals surface area contributed by atoms with Gasteiger partial charge in [-0.2, -0.15) is 0 Å². The van der Waals surface area contributed by atoms with E-state index in [4.69, 9.17) is 0 Å². The fourth-order valence-corrected chi connectivity index (χ4v) is 4.14.